The van der Waals surface area contributed by atoms with E-state index in [9.17, 15) is 27.6 Å². The Hall–Kier alpha value is -4.34. The van der Waals surface area contributed by atoms with Crippen molar-refractivity contribution in [2.75, 3.05) is 10.6 Å². The van der Waals surface area contributed by atoms with E-state index in [1.54, 1.807) is 32.9 Å². The summed E-state index contributed by atoms with van der Waals surface area (Å²) < 4.78 is 51.5. The average Bonchev–Trinajstić information content (AvgIpc) is 2.83. The molecule has 206 valence electrons. The molecule has 0 saturated heterocycles. The topological polar surface area (TPSA) is 93.7 Å². The van der Waals surface area contributed by atoms with Gasteiger partial charge in [-0.05, 0) is 63.1 Å². The maximum absolute atomic E-state index is 13.5. The van der Waals surface area contributed by atoms with Gasteiger partial charge in [-0.2, -0.15) is 13.2 Å². The molecule has 0 spiro atoms. The third-order valence-electron chi connectivity index (χ3n) is 5.31. The minimum absolute atomic E-state index is 0.105. The van der Waals surface area contributed by atoms with Crippen LogP contribution in [0, 0.1) is 6.92 Å². The van der Waals surface area contributed by atoms with Crippen LogP contribution in [0.1, 0.15) is 54.2 Å². The minimum Gasteiger partial charge on any atom is -0.489 e. The van der Waals surface area contributed by atoms with Crippen LogP contribution in [0.3, 0.4) is 0 Å². The van der Waals surface area contributed by atoms with E-state index in [1.807, 2.05) is 30.3 Å². The lowest BCUT2D eigenvalue weighted by Crippen LogP contribution is -2.28. The van der Waals surface area contributed by atoms with Gasteiger partial charge in [0.05, 0.1) is 23.4 Å². The molecule has 0 aliphatic heterocycles. The van der Waals surface area contributed by atoms with Crippen molar-refractivity contribution in [3.05, 3.63) is 89.0 Å². The van der Waals surface area contributed by atoms with Gasteiger partial charge in [-0.25, -0.2) is 4.79 Å². The van der Waals surface area contributed by atoms with Gasteiger partial charge in [-0.1, -0.05) is 42.5 Å². The Morgan fingerprint density at radius 3 is 2.15 bits per heavy atom. The van der Waals surface area contributed by atoms with Crippen LogP contribution in [0.15, 0.2) is 66.7 Å². The molecule has 0 bridgehead atoms. The molecular weight excluding hydrogens is 513 g/mol. The first-order valence-corrected chi connectivity index (χ1v) is 12.0. The number of carbonyl (C=O) groups is 3. The Morgan fingerprint density at radius 1 is 0.846 bits per heavy atom. The largest absolute Gasteiger partial charge is 0.489 e. The van der Waals surface area contributed by atoms with Crippen molar-refractivity contribution in [1.29, 1.82) is 0 Å². The fraction of sp³-hybridized carbons (Fsp3) is 0.276. The van der Waals surface area contributed by atoms with E-state index in [0.29, 0.717) is 11.8 Å². The van der Waals surface area contributed by atoms with Gasteiger partial charge < -0.3 is 14.8 Å². The van der Waals surface area contributed by atoms with Crippen molar-refractivity contribution >= 4 is 29.2 Å². The average molecular weight is 543 g/mol. The lowest BCUT2D eigenvalue weighted by atomic mass is 10.0. The number of Topliss-reactive ketones (excluding diaryl/α,β-unsaturated/α-hetero) is 1. The zero-order valence-electron chi connectivity index (χ0n) is 21.9. The summed E-state index contributed by atoms with van der Waals surface area (Å²) >= 11 is 0. The summed E-state index contributed by atoms with van der Waals surface area (Å²) in [5, 5.41) is 4.69. The van der Waals surface area contributed by atoms with Crippen molar-refractivity contribution in [1.82, 2.24) is 0 Å². The van der Waals surface area contributed by atoms with Crippen molar-refractivity contribution in [3.8, 4) is 5.75 Å². The highest BCUT2D eigenvalue weighted by atomic mass is 19.4. The first kappa shape index (κ1) is 29.2. The van der Waals surface area contributed by atoms with Gasteiger partial charge >= 0.3 is 12.3 Å². The number of hydrogen-bond acceptors (Lipinski definition) is 5. The molecule has 2 amide bonds. The Balaban J connectivity index is 1.75. The van der Waals surface area contributed by atoms with Crippen molar-refractivity contribution in [2.24, 2.45) is 0 Å². The Labute approximate surface area is 224 Å². The predicted octanol–water partition coefficient (Wildman–Crippen LogP) is 7.15. The van der Waals surface area contributed by atoms with Crippen LogP contribution < -0.4 is 15.4 Å². The third kappa shape index (κ3) is 8.87. The molecule has 7 nitrogen and oxygen atoms in total. The van der Waals surface area contributed by atoms with Crippen LogP contribution in [0.2, 0.25) is 0 Å². The van der Waals surface area contributed by atoms with Gasteiger partial charge in [-0.15, -0.1) is 0 Å². The second kappa shape index (κ2) is 12.0. The van der Waals surface area contributed by atoms with E-state index in [-0.39, 0.29) is 29.1 Å². The molecule has 3 aromatic rings. The number of halogens is 3. The van der Waals surface area contributed by atoms with Crippen molar-refractivity contribution in [2.45, 2.75) is 52.5 Å². The first-order chi connectivity index (χ1) is 18.2. The number of hydrogen-bond donors (Lipinski definition) is 2. The lowest BCUT2D eigenvalue weighted by Gasteiger charge is -2.21. The molecule has 0 unspecified atom stereocenters. The van der Waals surface area contributed by atoms with Gasteiger partial charge in [0, 0.05) is 5.56 Å². The fourth-order valence-corrected chi connectivity index (χ4v) is 3.58. The summed E-state index contributed by atoms with van der Waals surface area (Å²) in [6.07, 6.45) is -6.27. The van der Waals surface area contributed by atoms with Crippen LogP contribution in [0.25, 0.3) is 0 Å². The highest BCUT2D eigenvalue weighted by Gasteiger charge is 2.34. The van der Waals surface area contributed by atoms with E-state index in [4.69, 9.17) is 9.47 Å². The summed E-state index contributed by atoms with van der Waals surface area (Å²) in [5.41, 5.74) is -1.33. The van der Waals surface area contributed by atoms with Gasteiger partial charge in [0.15, 0.2) is 5.78 Å². The van der Waals surface area contributed by atoms with E-state index < -0.39 is 41.5 Å². The zero-order chi connectivity index (χ0) is 28.8. The first-order valence-electron chi connectivity index (χ1n) is 12.0. The number of aryl methyl sites for hydroxylation is 1. The number of nitrogens with one attached hydrogen (secondary N) is 2. The molecule has 3 aromatic carbocycles. The maximum Gasteiger partial charge on any atom is 0.416 e. The Kier molecular flexibility index (Phi) is 9.00. The van der Waals surface area contributed by atoms with E-state index >= 15 is 0 Å². The molecule has 0 saturated carbocycles. The fourth-order valence-electron chi connectivity index (χ4n) is 3.58. The van der Waals surface area contributed by atoms with Crippen LogP contribution in [-0.2, 0) is 22.3 Å². The molecule has 0 radical (unpaired) electrons. The maximum atomic E-state index is 13.5. The number of ketones is 1. The number of anilines is 2. The third-order valence-corrected chi connectivity index (χ3v) is 5.31. The molecule has 0 aliphatic carbocycles. The quantitative estimate of drug-likeness (QED) is 0.233. The van der Waals surface area contributed by atoms with Crippen LogP contribution in [0.5, 0.6) is 5.75 Å². The predicted molar refractivity (Wildman–Crippen MR) is 141 cm³/mol. The van der Waals surface area contributed by atoms with Gasteiger partial charge in [0.1, 0.15) is 18.0 Å². The van der Waals surface area contributed by atoms with Crippen LogP contribution in [-0.4, -0.2) is 23.4 Å². The number of carbonyl (C=O) groups excluding carboxylic acids is 3. The smallest absolute Gasteiger partial charge is 0.416 e. The number of ether oxygens (including phenoxy) is 2. The summed E-state index contributed by atoms with van der Waals surface area (Å²) in [5.74, 6) is -1.01. The van der Waals surface area contributed by atoms with Crippen LogP contribution in [0.4, 0.5) is 29.3 Å². The summed E-state index contributed by atoms with van der Waals surface area (Å²) in [7, 11) is 0. The second-order valence-corrected chi connectivity index (χ2v) is 9.79. The highest BCUT2D eigenvalue weighted by Crippen LogP contribution is 2.37. The van der Waals surface area contributed by atoms with Crippen molar-refractivity contribution in [3.63, 3.8) is 0 Å². The Bertz CT molecular complexity index is 1350. The minimum atomic E-state index is -4.70. The zero-order valence-corrected chi connectivity index (χ0v) is 21.9. The van der Waals surface area contributed by atoms with E-state index in [1.165, 1.54) is 19.1 Å². The monoisotopic (exact) mass is 542 g/mol. The van der Waals surface area contributed by atoms with Crippen LogP contribution >= 0.6 is 0 Å². The molecule has 0 fully saturated rings. The number of rotatable bonds is 8. The molecule has 2 N–H and O–H groups in total. The normalized spacial score (nSPS) is 11.5. The molecule has 0 atom stereocenters. The van der Waals surface area contributed by atoms with Gasteiger partial charge in [0.2, 0.25) is 5.91 Å². The summed E-state index contributed by atoms with van der Waals surface area (Å²) in [6, 6.07) is 17.5. The molecular formula is C29H29F3N2O5. The summed E-state index contributed by atoms with van der Waals surface area (Å²) in [6.45, 7) is 6.38. The molecule has 10 heteroatoms. The molecule has 0 aromatic heterocycles. The molecule has 39 heavy (non-hydrogen) atoms. The van der Waals surface area contributed by atoms with Crippen molar-refractivity contribution < 1.29 is 37.0 Å². The SMILES string of the molecule is Cc1cc(NC(=O)OC(C)(C)C)c(NC(=O)CC(=O)c2cccc(OCc3ccccc3)c2)cc1C(F)(F)F. The molecule has 0 aliphatic rings. The standard InChI is InChI=1S/C29H29F3N2O5/c1-18-13-23(34-27(37)39-28(2,3)4)24(15-22(18)29(30,31)32)33-26(36)16-25(35)20-11-8-12-21(14-20)38-17-19-9-6-5-7-10-19/h5-15H,16-17H2,1-4H3,(H,33,36)(H,34,37). The van der Waals surface area contributed by atoms with E-state index in [0.717, 1.165) is 11.6 Å². The lowest BCUT2D eigenvalue weighted by molar-refractivity contribution is -0.138. The van der Waals surface area contributed by atoms with Gasteiger partial charge in [-0.3, -0.25) is 14.9 Å². The number of amides is 2. The summed E-state index contributed by atoms with van der Waals surface area (Å²) in [4.78, 5) is 37.8. The second-order valence-electron chi connectivity index (χ2n) is 9.79. The Morgan fingerprint density at radius 2 is 1.51 bits per heavy atom. The molecule has 3 rings (SSSR count). The number of benzene rings is 3. The number of alkyl halides is 3. The molecule has 0 heterocycles. The highest BCUT2D eigenvalue weighted by molar-refractivity contribution is 6.12. The van der Waals surface area contributed by atoms with E-state index in [2.05, 4.69) is 10.6 Å². The van der Waals surface area contributed by atoms with Gasteiger partial charge in [0.25, 0.3) is 0 Å².